The fraction of sp³-hybridized carbons (Fsp3) is 0.0417. The number of fused-ring (bicyclic) bond motifs is 2. The number of anilines is 2. The van der Waals surface area contributed by atoms with E-state index in [9.17, 15) is 4.79 Å². The highest BCUT2D eigenvalue weighted by atomic mass is 16.2. The summed E-state index contributed by atoms with van der Waals surface area (Å²) in [5, 5.41) is 8.16. The fourth-order valence-electron chi connectivity index (χ4n) is 3.36. The van der Waals surface area contributed by atoms with Crippen LogP contribution in [0.25, 0.3) is 21.8 Å². The first-order valence-electron chi connectivity index (χ1n) is 9.68. The topological polar surface area (TPSA) is 82.7 Å². The average molecular weight is 393 g/mol. The molecule has 3 N–H and O–H groups in total. The molecule has 146 valence electrons. The number of benzene rings is 3. The van der Waals surface area contributed by atoms with E-state index in [0.717, 1.165) is 34.0 Å². The first-order valence-corrected chi connectivity index (χ1v) is 9.68. The number of nitrogens with zero attached hydrogens (tertiary/aromatic N) is 2. The van der Waals surface area contributed by atoms with Gasteiger partial charge in [0, 0.05) is 23.8 Å². The molecule has 30 heavy (non-hydrogen) atoms. The number of amides is 1. The van der Waals surface area contributed by atoms with Gasteiger partial charge in [-0.05, 0) is 35.2 Å². The SMILES string of the molecule is O=C(Nc1nc2ccc(NCc3ccccc3)cc2[nH]1)c1cc2ccccc2cn1. The molecular formula is C24H19N5O. The largest absolute Gasteiger partial charge is 0.381 e. The summed E-state index contributed by atoms with van der Waals surface area (Å²) >= 11 is 0. The number of H-pyrrole nitrogens is 1. The lowest BCUT2D eigenvalue weighted by Crippen LogP contribution is -2.14. The van der Waals surface area contributed by atoms with Gasteiger partial charge in [0.05, 0.1) is 11.0 Å². The molecule has 0 saturated heterocycles. The van der Waals surface area contributed by atoms with Gasteiger partial charge >= 0.3 is 0 Å². The zero-order chi connectivity index (χ0) is 20.3. The van der Waals surface area contributed by atoms with Crippen molar-refractivity contribution in [3.05, 3.63) is 96.3 Å². The average Bonchev–Trinajstić information content (AvgIpc) is 3.19. The van der Waals surface area contributed by atoms with Gasteiger partial charge in [0.25, 0.3) is 5.91 Å². The summed E-state index contributed by atoms with van der Waals surface area (Å²) in [5.74, 6) is 0.0902. The van der Waals surface area contributed by atoms with Crippen LogP contribution in [0.5, 0.6) is 0 Å². The lowest BCUT2D eigenvalue weighted by molar-refractivity contribution is 0.102. The fourth-order valence-corrected chi connectivity index (χ4v) is 3.36. The molecule has 0 unspecified atom stereocenters. The number of nitrogens with one attached hydrogen (secondary N) is 3. The minimum atomic E-state index is -0.303. The van der Waals surface area contributed by atoms with E-state index in [0.29, 0.717) is 11.6 Å². The van der Waals surface area contributed by atoms with Gasteiger partial charge in [-0.2, -0.15) is 0 Å². The molecule has 0 saturated carbocycles. The van der Waals surface area contributed by atoms with Gasteiger partial charge in [0.2, 0.25) is 5.95 Å². The van der Waals surface area contributed by atoms with Gasteiger partial charge in [0.1, 0.15) is 5.69 Å². The highest BCUT2D eigenvalue weighted by Gasteiger charge is 2.11. The third-order valence-electron chi connectivity index (χ3n) is 4.92. The van der Waals surface area contributed by atoms with Crippen LogP contribution in [0.15, 0.2) is 85.1 Å². The Morgan fingerprint density at radius 2 is 1.70 bits per heavy atom. The molecule has 6 nitrogen and oxygen atoms in total. The Morgan fingerprint density at radius 1 is 0.900 bits per heavy atom. The summed E-state index contributed by atoms with van der Waals surface area (Å²) < 4.78 is 0. The molecule has 0 atom stereocenters. The second-order valence-electron chi connectivity index (χ2n) is 7.03. The molecule has 5 rings (SSSR count). The van der Waals surface area contributed by atoms with E-state index in [1.54, 1.807) is 12.3 Å². The van der Waals surface area contributed by atoms with Gasteiger partial charge in [-0.25, -0.2) is 4.98 Å². The molecule has 2 heterocycles. The maximum absolute atomic E-state index is 12.6. The van der Waals surface area contributed by atoms with Crippen molar-refractivity contribution in [2.75, 3.05) is 10.6 Å². The Bertz CT molecular complexity index is 1340. The number of aromatic nitrogens is 3. The quantitative estimate of drug-likeness (QED) is 0.393. The zero-order valence-corrected chi connectivity index (χ0v) is 16.1. The lowest BCUT2D eigenvalue weighted by Gasteiger charge is -2.06. The van der Waals surface area contributed by atoms with Crippen molar-refractivity contribution in [3.63, 3.8) is 0 Å². The van der Waals surface area contributed by atoms with Gasteiger partial charge in [-0.15, -0.1) is 0 Å². The Kier molecular flexibility index (Phi) is 4.57. The molecule has 1 amide bonds. The molecule has 0 spiro atoms. The summed E-state index contributed by atoms with van der Waals surface area (Å²) in [5.41, 5.74) is 4.15. The Balaban J connectivity index is 1.32. The van der Waals surface area contributed by atoms with E-state index in [1.807, 2.05) is 60.7 Å². The minimum Gasteiger partial charge on any atom is -0.381 e. The first kappa shape index (κ1) is 17.9. The standard InChI is InChI=1S/C24H19N5O/c30-23(22-12-17-8-4-5-9-18(17)15-26-22)29-24-27-20-11-10-19(13-21(20)28-24)25-14-16-6-2-1-3-7-16/h1-13,15,25H,14H2,(H2,27,28,29,30). The molecule has 3 aromatic carbocycles. The smallest absolute Gasteiger partial charge is 0.276 e. The molecular weight excluding hydrogens is 374 g/mol. The third-order valence-corrected chi connectivity index (χ3v) is 4.92. The van der Waals surface area contributed by atoms with Crippen molar-refractivity contribution in [3.8, 4) is 0 Å². The molecule has 0 aliphatic heterocycles. The van der Waals surface area contributed by atoms with Crippen molar-refractivity contribution in [2.45, 2.75) is 6.54 Å². The van der Waals surface area contributed by atoms with Crippen LogP contribution in [0.1, 0.15) is 16.1 Å². The van der Waals surface area contributed by atoms with Gasteiger partial charge in [0.15, 0.2) is 0 Å². The molecule has 0 aliphatic carbocycles. The van der Waals surface area contributed by atoms with Crippen LogP contribution in [0, 0.1) is 0 Å². The molecule has 0 radical (unpaired) electrons. The number of hydrogen-bond donors (Lipinski definition) is 3. The third kappa shape index (κ3) is 3.71. The molecule has 6 heteroatoms. The Labute approximate surface area is 173 Å². The van der Waals surface area contributed by atoms with Crippen LogP contribution in [-0.4, -0.2) is 20.9 Å². The van der Waals surface area contributed by atoms with Crippen LogP contribution < -0.4 is 10.6 Å². The van der Waals surface area contributed by atoms with E-state index in [4.69, 9.17) is 0 Å². The van der Waals surface area contributed by atoms with E-state index in [2.05, 4.69) is 37.7 Å². The van der Waals surface area contributed by atoms with Crippen LogP contribution >= 0.6 is 0 Å². The summed E-state index contributed by atoms with van der Waals surface area (Å²) in [6.07, 6.45) is 1.70. The summed E-state index contributed by atoms with van der Waals surface area (Å²) in [7, 11) is 0. The number of rotatable bonds is 5. The van der Waals surface area contributed by atoms with Crippen molar-refractivity contribution < 1.29 is 4.79 Å². The van der Waals surface area contributed by atoms with E-state index in [1.165, 1.54) is 5.56 Å². The normalized spacial score (nSPS) is 10.9. The zero-order valence-electron chi connectivity index (χ0n) is 16.1. The molecule has 5 aromatic rings. The number of hydrogen-bond acceptors (Lipinski definition) is 4. The number of pyridine rings is 1. The number of carbonyl (C=O) groups is 1. The number of imidazole rings is 1. The van der Waals surface area contributed by atoms with E-state index >= 15 is 0 Å². The molecule has 2 aromatic heterocycles. The van der Waals surface area contributed by atoms with Crippen LogP contribution in [-0.2, 0) is 6.54 Å². The summed E-state index contributed by atoms with van der Waals surface area (Å²) in [6.45, 7) is 0.734. The predicted octanol–water partition coefficient (Wildman–Crippen LogP) is 4.98. The van der Waals surface area contributed by atoms with E-state index in [-0.39, 0.29) is 5.91 Å². The predicted molar refractivity (Wildman–Crippen MR) is 120 cm³/mol. The highest BCUT2D eigenvalue weighted by Crippen LogP contribution is 2.20. The van der Waals surface area contributed by atoms with Gasteiger partial charge in [-0.1, -0.05) is 54.6 Å². The molecule has 0 fully saturated rings. The number of aromatic amines is 1. The maximum atomic E-state index is 12.6. The van der Waals surface area contributed by atoms with Crippen molar-refractivity contribution in [1.82, 2.24) is 15.0 Å². The summed E-state index contributed by atoms with van der Waals surface area (Å²) in [6, 6.07) is 25.7. The van der Waals surface area contributed by atoms with Crippen molar-refractivity contribution in [2.24, 2.45) is 0 Å². The van der Waals surface area contributed by atoms with Crippen LogP contribution in [0.4, 0.5) is 11.6 Å². The number of carbonyl (C=O) groups excluding carboxylic acids is 1. The van der Waals surface area contributed by atoms with Crippen molar-refractivity contribution in [1.29, 1.82) is 0 Å². The monoisotopic (exact) mass is 393 g/mol. The second-order valence-corrected chi connectivity index (χ2v) is 7.03. The maximum Gasteiger partial charge on any atom is 0.276 e. The highest BCUT2D eigenvalue weighted by molar-refractivity contribution is 6.04. The second kappa shape index (κ2) is 7.67. The van der Waals surface area contributed by atoms with Crippen LogP contribution in [0.2, 0.25) is 0 Å². The Hall–Kier alpha value is -4.19. The summed E-state index contributed by atoms with van der Waals surface area (Å²) in [4.78, 5) is 24.5. The first-order chi connectivity index (χ1) is 14.7. The molecule has 0 aliphatic rings. The van der Waals surface area contributed by atoms with Gasteiger partial charge in [-0.3, -0.25) is 15.1 Å². The van der Waals surface area contributed by atoms with Gasteiger partial charge < -0.3 is 10.3 Å². The van der Waals surface area contributed by atoms with Crippen LogP contribution in [0.3, 0.4) is 0 Å². The minimum absolute atomic E-state index is 0.303. The lowest BCUT2D eigenvalue weighted by atomic mass is 10.1. The van der Waals surface area contributed by atoms with E-state index < -0.39 is 0 Å². The molecule has 0 bridgehead atoms. The Morgan fingerprint density at radius 3 is 2.57 bits per heavy atom. The van der Waals surface area contributed by atoms with Crippen molar-refractivity contribution >= 4 is 39.3 Å².